The van der Waals surface area contributed by atoms with E-state index >= 15 is 0 Å². The van der Waals surface area contributed by atoms with Gasteiger partial charge in [0.15, 0.2) is 0 Å². The highest BCUT2D eigenvalue weighted by Crippen LogP contribution is 2.20. The molecule has 2 rings (SSSR count). The SMILES string of the molecule is CCC(CN)Cc1nc(-c2ccc([N+](=O)[O-])cc2)no1. The number of hydrogen-bond acceptors (Lipinski definition) is 6. The van der Waals surface area contributed by atoms with Crippen LogP contribution in [-0.4, -0.2) is 21.6 Å². The molecule has 0 radical (unpaired) electrons. The Kier molecular flexibility index (Phi) is 4.41. The molecule has 2 aromatic rings. The second-order valence-corrected chi connectivity index (χ2v) is 4.53. The molecule has 0 aliphatic carbocycles. The van der Waals surface area contributed by atoms with Crippen molar-refractivity contribution in [2.45, 2.75) is 19.8 Å². The van der Waals surface area contributed by atoms with Crippen molar-refractivity contribution in [3.63, 3.8) is 0 Å². The third kappa shape index (κ3) is 3.18. The molecule has 0 saturated carbocycles. The number of rotatable bonds is 6. The summed E-state index contributed by atoms with van der Waals surface area (Å²) < 4.78 is 5.18. The normalized spacial score (nSPS) is 12.3. The summed E-state index contributed by atoms with van der Waals surface area (Å²) in [5, 5.41) is 14.5. The molecule has 0 aliphatic rings. The predicted octanol–water partition coefficient (Wildman–Crippen LogP) is 2.17. The van der Waals surface area contributed by atoms with Gasteiger partial charge in [-0.1, -0.05) is 18.5 Å². The lowest BCUT2D eigenvalue weighted by atomic mass is 10.0. The first-order valence-electron chi connectivity index (χ1n) is 6.41. The first-order chi connectivity index (χ1) is 9.63. The van der Waals surface area contributed by atoms with Gasteiger partial charge < -0.3 is 10.3 Å². The minimum absolute atomic E-state index is 0.0339. The molecule has 20 heavy (non-hydrogen) atoms. The van der Waals surface area contributed by atoms with Gasteiger partial charge in [0.1, 0.15) is 0 Å². The Hall–Kier alpha value is -2.28. The van der Waals surface area contributed by atoms with Crippen LogP contribution in [0.1, 0.15) is 19.2 Å². The third-order valence-corrected chi connectivity index (χ3v) is 3.18. The van der Waals surface area contributed by atoms with Crippen molar-refractivity contribution in [3.05, 3.63) is 40.3 Å². The Morgan fingerprint density at radius 3 is 2.65 bits per heavy atom. The molecule has 1 heterocycles. The highest BCUT2D eigenvalue weighted by molar-refractivity contribution is 5.56. The molecule has 0 bridgehead atoms. The zero-order chi connectivity index (χ0) is 14.5. The third-order valence-electron chi connectivity index (χ3n) is 3.18. The lowest BCUT2D eigenvalue weighted by Gasteiger charge is -2.07. The fourth-order valence-corrected chi connectivity index (χ4v) is 1.83. The fourth-order valence-electron chi connectivity index (χ4n) is 1.83. The lowest BCUT2D eigenvalue weighted by molar-refractivity contribution is -0.384. The van der Waals surface area contributed by atoms with E-state index < -0.39 is 4.92 Å². The summed E-state index contributed by atoms with van der Waals surface area (Å²) in [7, 11) is 0. The standard InChI is InChI=1S/C13H16N4O3/c1-2-9(8-14)7-12-15-13(16-20-12)10-3-5-11(6-4-10)17(18)19/h3-6,9H,2,7-8,14H2,1H3. The van der Waals surface area contributed by atoms with Crippen molar-refractivity contribution in [2.24, 2.45) is 11.7 Å². The molecule has 7 nitrogen and oxygen atoms in total. The maximum absolute atomic E-state index is 10.6. The molecule has 1 unspecified atom stereocenters. The second kappa shape index (κ2) is 6.25. The van der Waals surface area contributed by atoms with Crippen molar-refractivity contribution < 1.29 is 9.45 Å². The molecule has 0 spiro atoms. The summed E-state index contributed by atoms with van der Waals surface area (Å²) in [5.41, 5.74) is 6.36. The summed E-state index contributed by atoms with van der Waals surface area (Å²) in [4.78, 5) is 14.4. The summed E-state index contributed by atoms with van der Waals surface area (Å²) in [5.74, 6) is 1.29. The summed E-state index contributed by atoms with van der Waals surface area (Å²) in [6.07, 6.45) is 1.60. The van der Waals surface area contributed by atoms with Crippen LogP contribution < -0.4 is 5.73 Å². The number of benzene rings is 1. The van der Waals surface area contributed by atoms with Crippen LogP contribution in [-0.2, 0) is 6.42 Å². The molecule has 1 atom stereocenters. The van der Waals surface area contributed by atoms with E-state index in [0.717, 1.165) is 6.42 Å². The molecule has 0 saturated heterocycles. The van der Waals surface area contributed by atoms with Crippen molar-refractivity contribution in [2.75, 3.05) is 6.54 Å². The summed E-state index contributed by atoms with van der Waals surface area (Å²) in [6.45, 7) is 2.64. The minimum Gasteiger partial charge on any atom is -0.339 e. The van der Waals surface area contributed by atoms with E-state index in [-0.39, 0.29) is 5.69 Å². The van der Waals surface area contributed by atoms with Crippen LogP contribution in [0.2, 0.25) is 0 Å². The van der Waals surface area contributed by atoms with Gasteiger partial charge in [0.05, 0.1) is 4.92 Å². The van der Waals surface area contributed by atoms with E-state index in [2.05, 4.69) is 17.1 Å². The van der Waals surface area contributed by atoms with Crippen molar-refractivity contribution in [3.8, 4) is 11.4 Å². The zero-order valence-electron chi connectivity index (χ0n) is 11.2. The number of nitro groups is 1. The van der Waals surface area contributed by atoms with Gasteiger partial charge in [-0.15, -0.1) is 0 Å². The van der Waals surface area contributed by atoms with E-state index in [9.17, 15) is 10.1 Å². The Bertz CT molecular complexity index is 576. The van der Waals surface area contributed by atoms with Gasteiger partial charge >= 0.3 is 0 Å². The van der Waals surface area contributed by atoms with Gasteiger partial charge in [0.2, 0.25) is 11.7 Å². The number of nitrogens with two attached hydrogens (primary N) is 1. The van der Waals surface area contributed by atoms with Crippen LogP contribution in [0.3, 0.4) is 0 Å². The van der Waals surface area contributed by atoms with Crippen LogP contribution in [0, 0.1) is 16.0 Å². The Morgan fingerprint density at radius 2 is 2.10 bits per heavy atom. The predicted molar refractivity (Wildman–Crippen MR) is 72.9 cm³/mol. The second-order valence-electron chi connectivity index (χ2n) is 4.53. The summed E-state index contributed by atoms with van der Waals surface area (Å²) >= 11 is 0. The van der Waals surface area contributed by atoms with Crippen molar-refractivity contribution in [1.82, 2.24) is 10.1 Å². The van der Waals surface area contributed by atoms with E-state index in [1.165, 1.54) is 12.1 Å². The Balaban J connectivity index is 2.13. The minimum atomic E-state index is -0.446. The number of nitrogens with zero attached hydrogens (tertiary/aromatic N) is 3. The number of hydrogen-bond donors (Lipinski definition) is 1. The lowest BCUT2D eigenvalue weighted by Crippen LogP contribution is -2.15. The summed E-state index contributed by atoms with van der Waals surface area (Å²) in [6, 6.07) is 6.04. The van der Waals surface area contributed by atoms with E-state index in [4.69, 9.17) is 10.3 Å². The van der Waals surface area contributed by atoms with Gasteiger partial charge in [-0.05, 0) is 24.6 Å². The molecule has 7 heteroatoms. The van der Waals surface area contributed by atoms with Gasteiger partial charge in [0.25, 0.3) is 5.69 Å². The van der Waals surface area contributed by atoms with Gasteiger partial charge in [-0.25, -0.2) is 0 Å². The van der Waals surface area contributed by atoms with Gasteiger partial charge in [-0.2, -0.15) is 4.98 Å². The molecule has 1 aromatic carbocycles. The van der Waals surface area contributed by atoms with Crippen LogP contribution in [0.25, 0.3) is 11.4 Å². The number of non-ortho nitro benzene ring substituents is 1. The Labute approximate surface area is 115 Å². The van der Waals surface area contributed by atoms with Crippen LogP contribution in [0.5, 0.6) is 0 Å². The monoisotopic (exact) mass is 276 g/mol. The first-order valence-corrected chi connectivity index (χ1v) is 6.41. The van der Waals surface area contributed by atoms with Crippen molar-refractivity contribution in [1.29, 1.82) is 0 Å². The van der Waals surface area contributed by atoms with Crippen LogP contribution in [0.15, 0.2) is 28.8 Å². The topological polar surface area (TPSA) is 108 Å². The average Bonchev–Trinajstić information content (AvgIpc) is 2.93. The number of aromatic nitrogens is 2. The molecule has 0 aliphatic heterocycles. The first kappa shape index (κ1) is 14.1. The molecular weight excluding hydrogens is 260 g/mol. The quantitative estimate of drug-likeness (QED) is 0.639. The highest BCUT2D eigenvalue weighted by Gasteiger charge is 2.14. The fraction of sp³-hybridized carbons (Fsp3) is 0.385. The van der Waals surface area contributed by atoms with E-state index in [1.807, 2.05) is 0 Å². The molecule has 0 fully saturated rings. The van der Waals surface area contributed by atoms with Gasteiger partial charge in [0, 0.05) is 24.1 Å². The number of nitro benzene ring substituents is 1. The van der Waals surface area contributed by atoms with Crippen LogP contribution in [0.4, 0.5) is 5.69 Å². The van der Waals surface area contributed by atoms with Crippen LogP contribution >= 0.6 is 0 Å². The molecule has 106 valence electrons. The highest BCUT2D eigenvalue weighted by atomic mass is 16.6. The Morgan fingerprint density at radius 1 is 1.40 bits per heavy atom. The van der Waals surface area contributed by atoms with Crippen molar-refractivity contribution >= 4 is 5.69 Å². The average molecular weight is 276 g/mol. The smallest absolute Gasteiger partial charge is 0.269 e. The molecule has 2 N–H and O–H groups in total. The maximum Gasteiger partial charge on any atom is 0.269 e. The molecular formula is C13H16N4O3. The molecule has 0 amide bonds. The maximum atomic E-state index is 10.6. The zero-order valence-corrected chi connectivity index (χ0v) is 11.2. The largest absolute Gasteiger partial charge is 0.339 e. The van der Waals surface area contributed by atoms with E-state index in [1.54, 1.807) is 12.1 Å². The van der Waals surface area contributed by atoms with Gasteiger partial charge in [-0.3, -0.25) is 10.1 Å². The molecule has 1 aromatic heterocycles. The van der Waals surface area contributed by atoms with E-state index in [0.29, 0.717) is 36.2 Å².